The monoisotopic (exact) mass is 587 g/mol. The largest absolute Gasteiger partial charge is 0.454 e. The minimum absolute atomic E-state index is 0.0720. The van der Waals surface area contributed by atoms with Gasteiger partial charge >= 0.3 is 0 Å². The first-order valence-corrected chi connectivity index (χ1v) is 15.9. The van der Waals surface area contributed by atoms with Crippen LogP contribution >= 0.6 is 0 Å². The normalized spacial score (nSPS) is 13.0. The Morgan fingerprint density at radius 3 is 2.33 bits per heavy atom. The molecular weight excluding hydrogens is 561 g/mol. The van der Waals surface area contributed by atoms with Crippen molar-refractivity contribution in [3.63, 3.8) is 0 Å². The summed E-state index contributed by atoms with van der Waals surface area (Å²) in [6, 6.07) is 44.0. The lowest BCUT2D eigenvalue weighted by molar-refractivity contribution is 0.666. The van der Waals surface area contributed by atoms with E-state index in [-0.39, 0.29) is 6.71 Å². The third kappa shape index (κ3) is 2.89. The second-order valence-corrected chi connectivity index (χ2v) is 12.8. The molecule has 4 nitrogen and oxygen atoms in total. The Labute approximate surface area is 264 Å². The molecule has 0 bridgehead atoms. The zero-order valence-corrected chi connectivity index (χ0v) is 25.4. The predicted molar refractivity (Wildman–Crippen MR) is 192 cm³/mol. The van der Waals surface area contributed by atoms with Crippen molar-refractivity contribution in [3.8, 4) is 5.69 Å². The van der Waals surface area contributed by atoms with Crippen molar-refractivity contribution in [2.45, 2.75) is 13.8 Å². The van der Waals surface area contributed by atoms with Crippen LogP contribution in [0.3, 0.4) is 0 Å². The Hall–Kier alpha value is -5.81. The summed E-state index contributed by atoms with van der Waals surface area (Å²) in [4.78, 5) is 5.55. The van der Waals surface area contributed by atoms with E-state index in [1.165, 1.54) is 60.1 Å². The molecule has 0 unspecified atom stereocenters. The van der Waals surface area contributed by atoms with Crippen LogP contribution in [0.2, 0.25) is 0 Å². The minimum Gasteiger partial charge on any atom is -0.454 e. The third-order valence-electron chi connectivity index (χ3n) is 10.5. The first-order valence-electron chi connectivity index (χ1n) is 15.9. The maximum Gasteiger partial charge on any atom is 0.247 e. The van der Waals surface area contributed by atoms with E-state index in [9.17, 15) is 0 Å². The summed E-state index contributed by atoms with van der Waals surface area (Å²) in [6.07, 6.45) is 0. The molecule has 3 aromatic heterocycles. The van der Waals surface area contributed by atoms with Gasteiger partial charge in [-0.3, -0.25) is 8.97 Å². The summed E-state index contributed by atoms with van der Waals surface area (Å²) >= 11 is 0. The summed E-state index contributed by atoms with van der Waals surface area (Å²) in [5.41, 5.74) is 13.8. The second kappa shape index (κ2) is 8.46. The highest BCUT2D eigenvalue weighted by Gasteiger charge is 2.36. The molecule has 5 heteroatoms. The second-order valence-electron chi connectivity index (χ2n) is 12.8. The first-order chi connectivity index (χ1) is 22.7. The smallest absolute Gasteiger partial charge is 0.247 e. The minimum atomic E-state index is 0.0720. The molecule has 0 aliphatic carbocycles. The molecule has 0 saturated heterocycles. The standard InChI is InChI=1S/C41H26BN3O/c1-23-22-32-39-37(24(23)2)43-41-44(34-18-9-15-29-28-14-5-6-19-35(28)46-40(29)34)33-17-8-12-26-20-21-31(38(36(26)33)45(39)41)42(32)30-16-7-11-25-10-3-4-13-27(25)30/h3-22H,1-2H3. The fraction of sp³-hybridized carbons (Fsp3) is 0.0488. The molecule has 0 spiro atoms. The SMILES string of the molecule is Cc1cc2c3c(nc4n(-c5cccc6c5oc5ccccc56)c5cccc6ccc(c(c65)n34)B2c2cccc3ccccc23)c1C. The maximum atomic E-state index is 6.62. The molecule has 1 aliphatic heterocycles. The maximum absolute atomic E-state index is 6.62. The molecule has 46 heavy (non-hydrogen) atoms. The molecule has 214 valence electrons. The van der Waals surface area contributed by atoms with Crippen LogP contribution in [0.1, 0.15) is 11.1 Å². The van der Waals surface area contributed by atoms with Crippen LogP contribution in [0.25, 0.3) is 77.0 Å². The molecule has 0 radical (unpaired) electrons. The summed E-state index contributed by atoms with van der Waals surface area (Å²) in [7, 11) is 0. The van der Waals surface area contributed by atoms with E-state index in [1.54, 1.807) is 0 Å². The first kappa shape index (κ1) is 24.5. The number of para-hydroxylation sites is 2. The Morgan fingerprint density at radius 2 is 1.39 bits per heavy atom. The van der Waals surface area contributed by atoms with E-state index in [2.05, 4.69) is 138 Å². The topological polar surface area (TPSA) is 35.4 Å². The molecular formula is C41H26BN3O. The van der Waals surface area contributed by atoms with Gasteiger partial charge in [0.05, 0.1) is 27.8 Å². The van der Waals surface area contributed by atoms with Crippen molar-refractivity contribution in [2.24, 2.45) is 0 Å². The van der Waals surface area contributed by atoms with Gasteiger partial charge in [-0.15, -0.1) is 0 Å². The van der Waals surface area contributed by atoms with Crippen molar-refractivity contribution in [1.29, 1.82) is 0 Å². The number of nitrogens with zero attached hydrogens (tertiary/aromatic N) is 3. The van der Waals surface area contributed by atoms with Crippen LogP contribution in [0, 0.1) is 13.8 Å². The zero-order valence-electron chi connectivity index (χ0n) is 25.4. The molecule has 0 atom stereocenters. The van der Waals surface area contributed by atoms with E-state index in [0.29, 0.717) is 0 Å². The molecule has 1 aliphatic rings. The average molecular weight is 587 g/mol. The van der Waals surface area contributed by atoms with Gasteiger partial charge in [0, 0.05) is 16.2 Å². The number of fused-ring (bicyclic) bond motifs is 4. The van der Waals surface area contributed by atoms with Crippen molar-refractivity contribution in [1.82, 2.24) is 14.0 Å². The lowest BCUT2D eigenvalue weighted by Gasteiger charge is -2.27. The van der Waals surface area contributed by atoms with Crippen LogP contribution in [0.4, 0.5) is 0 Å². The number of aromatic nitrogens is 3. The van der Waals surface area contributed by atoms with Gasteiger partial charge in [0.15, 0.2) is 5.58 Å². The van der Waals surface area contributed by atoms with Gasteiger partial charge in [-0.05, 0) is 70.3 Å². The molecule has 0 N–H and O–H groups in total. The highest BCUT2D eigenvalue weighted by atomic mass is 16.3. The number of aryl methyl sites for hydroxylation is 2. The highest BCUT2D eigenvalue weighted by molar-refractivity contribution is 6.99. The van der Waals surface area contributed by atoms with Gasteiger partial charge in [-0.25, -0.2) is 4.98 Å². The Balaban J connectivity index is 1.38. The number of imidazole rings is 1. The highest BCUT2D eigenvalue weighted by Crippen LogP contribution is 2.39. The molecule has 0 saturated carbocycles. The lowest BCUT2D eigenvalue weighted by atomic mass is 9.35. The molecule has 0 fully saturated rings. The Bertz CT molecular complexity index is 2950. The molecule has 0 amide bonds. The molecule has 7 aromatic carbocycles. The quantitative estimate of drug-likeness (QED) is 0.192. The average Bonchev–Trinajstić information content (AvgIpc) is 3.68. The van der Waals surface area contributed by atoms with E-state index in [0.717, 1.165) is 44.4 Å². The van der Waals surface area contributed by atoms with Crippen molar-refractivity contribution in [2.75, 3.05) is 0 Å². The van der Waals surface area contributed by atoms with E-state index in [1.807, 2.05) is 6.07 Å². The molecule has 4 heterocycles. The van der Waals surface area contributed by atoms with Gasteiger partial charge < -0.3 is 4.42 Å². The molecule has 11 rings (SSSR count). The van der Waals surface area contributed by atoms with E-state index in [4.69, 9.17) is 9.40 Å². The number of benzene rings is 7. The third-order valence-corrected chi connectivity index (χ3v) is 10.5. The van der Waals surface area contributed by atoms with Crippen LogP contribution in [-0.2, 0) is 0 Å². The summed E-state index contributed by atoms with van der Waals surface area (Å²) in [5.74, 6) is 0.904. The van der Waals surface area contributed by atoms with E-state index < -0.39 is 0 Å². The fourth-order valence-electron chi connectivity index (χ4n) is 8.39. The van der Waals surface area contributed by atoms with Crippen molar-refractivity contribution in [3.05, 3.63) is 132 Å². The molecule has 10 aromatic rings. The summed E-state index contributed by atoms with van der Waals surface area (Å²) in [5, 5.41) is 7.25. The van der Waals surface area contributed by atoms with Crippen LogP contribution < -0.4 is 16.4 Å². The van der Waals surface area contributed by atoms with Gasteiger partial charge in [0.25, 0.3) is 0 Å². The van der Waals surface area contributed by atoms with E-state index >= 15 is 0 Å². The van der Waals surface area contributed by atoms with Gasteiger partial charge in [0.1, 0.15) is 5.58 Å². The lowest BCUT2D eigenvalue weighted by Crippen LogP contribution is -2.55. The summed E-state index contributed by atoms with van der Waals surface area (Å²) < 4.78 is 11.4. The fourth-order valence-corrected chi connectivity index (χ4v) is 8.39. The number of furan rings is 1. The van der Waals surface area contributed by atoms with Gasteiger partial charge in [0.2, 0.25) is 12.5 Å². The number of hydrogen-bond donors (Lipinski definition) is 0. The number of rotatable bonds is 2. The van der Waals surface area contributed by atoms with Gasteiger partial charge in [-0.1, -0.05) is 109 Å². The summed E-state index contributed by atoms with van der Waals surface area (Å²) in [6.45, 7) is 4.51. The van der Waals surface area contributed by atoms with Crippen LogP contribution in [-0.4, -0.2) is 20.7 Å². The predicted octanol–water partition coefficient (Wildman–Crippen LogP) is 8.08. The zero-order chi connectivity index (χ0) is 30.3. The van der Waals surface area contributed by atoms with Crippen molar-refractivity contribution < 1.29 is 4.42 Å². The number of hydrogen-bond acceptors (Lipinski definition) is 2. The van der Waals surface area contributed by atoms with Crippen LogP contribution in [0.5, 0.6) is 0 Å². The Kier molecular flexibility index (Phi) is 4.51. The van der Waals surface area contributed by atoms with Crippen LogP contribution in [0.15, 0.2) is 126 Å². The van der Waals surface area contributed by atoms with Crippen molar-refractivity contribution >= 4 is 94.4 Å². The Morgan fingerprint density at radius 1 is 0.630 bits per heavy atom. The van der Waals surface area contributed by atoms with Gasteiger partial charge in [-0.2, -0.15) is 0 Å².